The second-order valence-corrected chi connectivity index (χ2v) is 4.83. The molecule has 0 spiro atoms. The molecule has 0 aliphatic heterocycles. The van der Waals surface area contributed by atoms with E-state index in [0.29, 0.717) is 0 Å². The van der Waals surface area contributed by atoms with Crippen LogP contribution in [0.15, 0.2) is 36.6 Å². The minimum absolute atomic E-state index is 0.804. The maximum atomic E-state index is 5.41. The highest BCUT2D eigenvalue weighted by molar-refractivity contribution is 4.80. The Kier molecular flexibility index (Phi) is 16.1. The molecule has 0 saturated heterocycles. The SMILES string of the molecule is CC=CCCCCCCCC=COCCC=CCC. The normalized spacial score (nSPS) is 12.1. The van der Waals surface area contributed by atoms with Crippen molar-refractivity contribution < 1.29 is 4.74 Å². The first kappa shape index (κ1) is 18.0. The zero-order valence-corrected chi connectivity index (χ0v) is 12.9. The highest BCUT2D eigenvalue weighted by Crippen LogP contribution is 2.08. The van der Waals surface area contributed by atoms with E-state index in [0.717, 1.165) is 25.9 Å². The van der Waals surface area contributed by atoms with Crippen molar-refractivity contribution in [2.45, 2.75) is 71.6 Å². The van der Waals surface area contributed by atoms with Crippen LogP contribution in [0, 0.1) is 0 Å². The molecule has 0 aliphatic rings. The molecule has 0 amide bonds. The fourth-order valence-corrected chi connectivity index (χ4v) is 1.85. The largest absolute Gasteiger partial charge is 0.501 e. The summed E-state index contributed by atoms with van der Waals surface area (Å²) in [5.41, 5.74) is 0. The second-order valence-electron chi connectivity index (χ2n) is 4.83. The summed E-state index contributed by atoms with van der Waals surface area (Å²) in [5.74, 6) is 0. The molecule has 0 heterocycles. The number of rotatable bonds is 13. The lowest BCUT2D eigenvalue weighted by atomic mass is 10.1. The van der Waals surface area contributed by atoms with Crippen molar-refractivity contribution >= 4 is 0 Å². The highest BCUT2D eigenvalue weighted by atomic mass is 16.5. The lowest BCUT2D eigenvalue weighted by Gasteiger charge is -1.99. The molecule has 19 heavy (non-hydrogen) atoms. The average Bonchev–Trinajstić information content (AvgIpc) is 2.43. The van der Waals surface area contributed by atoms with Gasteiger partial charge in [0.15, 0.2) is 0 Å². The van der Waals surface area contributed by atoms with Crippen LogP contribution in [-0.2, 0) is 4.74 Å². The molecule has 0 aromatic carbocycles. The zero-order valence-electron chi connectivity index (χ0n) is 12.9. The summed E-state index contributed by atoms with van der Waals surface area (Å²) >= 11 is 0. The average molecular weight is 264 g/mol. The van der Waals surface area contributed by atoms with Crippen LogP contribution in [0.5, 0.6) is 0 Å². The molecule has 0 aromatic heterocycles. The van der Waals surface area contributed by atoms with E-state index in [1.807, 2.05) is 6.26 Å². The molecule has 0 aromatic rings. The molecule has 0 N–H and O–H groups in total. The van der Waals surface area contributed by atoms with Crippen LogP contribution in [0.2, 0.25) is 0 Å². The Hall–Kier alpha value is -0.980. The molecule has 110 valence electrons. The van der Waals surface area contributed by atoms with Crippen LogP contribution in [0.25, 0.3) is 0 Å². The highest BCUT2D eigenvalue weighted by Gasteiger charge is 1.88. The van der Waals surface area contributed by atoms with E-state index >= 15 is 0 Å². The van der Waals surface area contributed by atoms with Crippen molar-refractivity contribution in [1.29, 1.82) is 0 Å². The van der Waals surface area contributed by atoms with Gasteiger partial charge in [0.1, 0.15) is 0 Å². The van der Waals surface area contributed by atoms with Gasteiger partial charge in [-0.15, -0.1) is 0 Å². The summed E-state index contributed by atoms with van der Waals surface area (Å²) in [4.78, 5) is 0. The fraction of sp³-hybridized carbons (Fsp3) is 0.667. The summed E-state index contributed by atoms with van der Waals surface area (Å²) in [6.07, 6.45) is 24.0. The number of unbranched alkanes of at least 4 members (excludes halogenated alkanes) is 6. The monoisotopic (exact) mass is 264 g/mol. The topological polar surface area (TPSA) is 9.23 Å². The van der Waals surface area contributed by atoms with Gasteiger partial charge < -0.3 is 4.74 Å². The van der Waals surface area contributed by atoms with Crippen LogP contribution >= 0.6 is 0 Å². The number of hydrogen-bond donors (Lipinski definition) is 0. The van der Waals surface area contributed by atoms with Crippen LogP contribution in [0.1, 0.15) is 71.6 Å². The second kappa shape index (κ2) is 17.0. The molecule has 0 bridgehead atoms. The summed E-state index contributed by atoms with van der Waals surface area (Å²) in [5, 5.41) is 0. The van der Waals surface area contributed by atoms with Gasteiger partial charge in [0.05, 0.1) is 12.9 Å². The van der Waals surface area contributed by atoms with Gasteiger partial charge in [0.25, 0.3) is 0 Å². The predicted octanol–water partition coefficient (Wildman–Crippen LogP) is 6.18. The Morgan fingerprint density at radius 2 is 1.42 bits per heavy atom. The smallest absolute Gasteiger partial charge is 0.0907 e. The quantitative estimate of drug-likeness (QED) is 0.219. The Morgan fingerprint density at radius 1 is 0.737 bits per heavy atom. The summed E-state index contributed by atoms with van der Waals surface area (Å²) in [7, 11) is 0. The molecule has 1 nitrogen and oxygen atoms in total. The van der Waals surface area contributed by atoms with Crippen molar-refractivity contribution in [1.82, 2.24) is 0 Å². The molecule has 0 rings (SSSR count). The third-order valence-electron chi connectivity index (χ3n) is 2.97. The third-order valence-corrected chi connectivity index (χ3v) is 2.97. The summed E-state index contributed by atoms with van der Waals surface area (Å²) < 4.78 is 5.41. The van der Waals surface area contributed by atoms with Crippen molar-refractivity contribution in [3.05, 3.63) is 36.6 Å². The minimum atomic E-state index is 0.804. The lowest BCUT2D eigenvalue weighted by Crippen LogP contribution is -1.84. The van der Waals surface area contributed by atoms with E-state index in [1.165, 1.54) is 38.5 Å². The maximum Gasteiger partial charge on any atom is 0.0907 e. The van der Waals surface area contributed by atoms with Crippen LogP contribution in [0.3, 0.4) is 0 Å². The first-order valence-corrected chi connectivity index (χ1v) is 7.94. The Morgan fingerprint density at radius 3 is 2.11 bits per heavy atom. The lowest BCUT2D eigenvalue weighted by molar-refractivity contribution is 0.255. The number of ether oxygens (including phenoxy) is 1. The van der Waals surface area contributed by atoms with Crippen molar-refractivity contribution in [3.63, 3.8) is 0 Å². The molecular weight excluding hydrogens is 232 g/mol. The Labute approximate surface area is 120 Å². The van der Waals surface area contributed by atoms with Gasteiger partial charge in [0, 0.05) is 0 Å². The van der Waals surface area contributed by atoms with E-state index < -0.39 is 0 Å². The van der Waals surface area contributed by atoms with Crippen LogP contribution in [0.4, 0.5) is 0 Å². The van der Waals surface area contributed by atoms with E-state index in [2.05, 4.69) is 44.2 Å². The van der Waals surface area contributed by atoms with E-state index in [1.54, 1.807) is 0 Å². The summed E-state index contributed by atoms with van der Waals surface area (Å²) in [6.45, 7) is 5.05. The van der Waals surface area contributed by atoms with Crippen molar-refractivity contribution in [3.8, 4) is 0 Å². The van der Waals surface area contributed by atoms with Gasteiger partial charge in [0.2, 0.25) is 0 Å². The Bertz CT molecular complexity index is 238. The summed E-state index contributed by atoms with van der Waals surface area (Å²) in [6, 6.07) is 0. The molecule has 0 radical (unpaired) electrons. The molecule has 1 heteroatoms. The molecule has 0 aliphatic carbocycles. The molecule has 0 atom stereocenters. The van der Waals surface area contributed by atoms with E-state index in [4.69, 9.17) is 4.74 Å². The van der Waals surface area contributed by atoms with Crippen LogP contribution < -0.4 is 0 Å². The predicted molar refractivity (Wildman–Crippen MR) is 86.3 cm³/mol. The van der Waals surface area contributed by atoms with Gasteiger partial charge >= 0.3 is 0 Å². The van der Waals surface area contributed by atoms with Gasteiger partial charge in [-0.3, -0.25) is 0 Å². The van der Waals surface area contributed by atoms with Gasteiger partial charge in [-0.25, -0.2) is 0 Å². The first-order chi connectivity index (χ1) is 9.41. The van der Waals surface area contributed by atoms with Crippen molar-refractivity contribution in [2.24, 2.45) is 0 Å². The van der Waals surface area contributed by atoms with Gasteiger partial charge in [-0.2, -0.15) is 0 Å². The molecule has 0 unspecified atom stereocenters. The van der Waals surface area contributed by atoms with Gasteiger partial charge in [-0.1, -0.05) is 50.5 Å². The van der Waals surface area contributed by atoms with Crippen LogP contribution in [-0.4, -0.2) is 6.61 Å². The third kappa shape index (κ3) is 17.0. The number of allylic oxidation sites excluding steroid dienone is 4. The zero-order chi connectivity index (χ0) is 14.0. The fourth-order valence-electron chi connectivity index (χ4n) is 1.85. The standard InChI is InChI=1S/C18H32O/c1-3-5-7-9-10-11-12-13-14-16-18-19-17-15-8-6-4-2/h3,5-6,8,16,18H,4,7,9-15,17H2,1-2H3. The molecule has 0 saturated carbocycles. The Balaban J connectivity index is 3.10. The first-order valence-electron chi connectivity index (χ1n) is 7.94. The number of hydrogen-bond acceptors (Lipinski definition) is 1. The maximum absolute atomic E-state index is 5.41. The molecular formula is C18H32O. The van der Waals surface area contributed by atoms with E-state index in [9.17, 15) is 0 Å². The molecule has 0 fully saturated rings. The minimum Gasteiger partial charge on any atom is -0.501 e. The van der Waals surface area contributed by atoms with E-state index in [-0.39, 0.29) is 0 Å². The van der Waals surface area contributed by atoms with Gasteiger partial charge in [-0.05, 0) is 51.5 Å². The van der Waals surface area contributed by atoms with Crippen molar-refractivity contribution in [2.75, 3.05) is 6.61 Å².